The first-order valence-corrected chi connectivity index (χ1v) is 12.1. The van der Waals surface area contributed by atoms with Crippen LogP contribution in [0.3, 0.4) is 0 Å². The molecule has 3 aromatic carbocycles. The molecule has 3 N–H and O–H groups in total. The number of hydrogen-bond donors (Lipinski definition) is 2. The zero-order valence-corrected chi connectivity index (χ0v) is 20.2. The van der Waals surface area contributed by atoms with E-state index in [2.05, 4.69) is 68.2 Å². The maximum atomic E-state index is 7.62. The first kappa shape index (κ1) is 23.0. The number of rotatable bonds is 8. The quantitative estimate of drug-likeness (QED) is 0.327. The summed E-state index contributed by atoms with van der Waals surface area (Å²) in [6.45, 7) is 7.52. The van der Waals surface area contributed by atoms with Gasteiger partial charge in [0.2, 0.25) is 0 Å². The summed E-state index contributed by atoms with van der Waals surface area (Å²) in [5, 5.41) is 7.62. The van der Waals surface area contributed by atoms with Gasteiger partial charge in [-0.25, -0.2) is 0 Å². The fourth-order valence-corrected chi connectivity index (χ4v) is 4.87. The van der Waals surface area contributed by atoms with Gasteiger partial charge in [0, 0.05) is 17.8 Å². The third-order valence-electron chi connectivity index (χ3n) is 6.77. The molecule has 0 saturated heterocycles. The highest BCUT2D eigenvalue weighted by Gasteiger charge is 2.11. The molecular weight excluding hydrogens is 402 g/mol. The number of benzene rings is 3. The predicted octanol–water partition coefficient (Wildman–Crippen LogP) is 6.05. The maximum Gasteiger partial charge on any atom is 0.122 e. The lowest BCUT2D eigenvalue weighted by atomic mass is 9.94. The zero-order valence-electron chi connectivity index (χ0n) is 20.2. The van der Waals surface area contributed by atoms with E-state index in [9.17, 15) is 0 Å². The van der Waals surface area contributed by atoms with Gasteiger partial charge >= 0.3 is 0 Å². The Morgan fingerprint density at radius 2 is 1.45 bits per heavy atom. The lowest BCUT2D eigenvalue weighted by molar-refractivity contribution is 0.918. The van der Waals surface area contributed by atoms with Gasteiger partial charge in [-0.15, -0.1) is 0 Å². The Morgan fingerprint density at radius 3 is 2.00 bits per heavy atom. The molecule has 3 nitrogen and oxygen atoms in total. The molecule has 3 heteroatoms. The van der Waals surface area contributed by atoms with Crippen LogP contribution in [0.4, 0.5) is 0 Å². The van der Waals surface area contributed by atoms with Crippen molar-refractivity contribution in [2.24, 2.45) is 10.7 Å². The van der Waals surface area contributed by atoms with Crippen LogP contribution in [-0.2, 0) is 25.7 Å². The van der Waals surface area contributed by atoms with E-state index in [1.165, 1.54) is 56.6 Å². The second kappa shape index (κ2) is 10.2. The van der Waals surface area contributed by atoms with Crippen LogP contribution < -0.4 is 5.73 Å². The number of nitrogens with two attached hydrogens (primary N) is 1. The van der Waals surface area contributed by atoms with E-state index in [4.69, 9.17) is 11.1 Å². The van der Waals surface area contributed by atoms with Gasteiger partial charge < -0.3 is 5.73 Å². The summed E-state index contributed by atoms with van der Waals surface area (Å²) in [6, 6.07) is 20.0. The average Bonchev–Trinajstić information content (AvgIpc) is 3.32. The minimum Gasteiger partial charge on any atom is -0.384 e. The highest BCUT2D eigenvalue weighted by molar-refractivity contribution is 6.01. The third-order valence-corrected chi connectivity index (χ3v) is 6.77. The number of nitrogen functional groups attached to an aromatic ring is 1. The van der Waals surface area contributed by atoms with Gasteiger partial charge in [-0.1, -0.05) is 48.0 Å². The van der Waals surface area contributed by atoms with Gasteiger partial charge in [0.25, 0.3) is 0 Å². The molecule has 33 heavy (non-hydrogen) atoms. The Labute approximate surface area is 198 Å². The van der Waals surface area contributed by atoms with E-state index in [0.717, 1.165) is 44.2 Å². The van der Waals surface area contributed by atoms with Crippen molar-refractivity contribution < 1.29 is 0 Å². The van der Waals surface area contributed by atoms with Crippen molar-refractivity contribution in [2.45, 2.75) is 59.3 Å². The van der Waals surface area contributed by atoms with Crippen LogP contribution in [0, 0.1) is 26.2 Å². The summed E-state index contributed by atoms with van der Waals surface area (Å²) in [6.07, 6.45) is 6.44. The van der Waals surface area contributed by atoms with Gasteiger partial charge in [0.05, 0.1) is 0 Å². The Morgan fingerprint density at radius 1 is 0.818 bits per heavy atom. The molecule has 0 aliphatic carbocycles. The molecule has 0 aromatic heterocycles. The number of nitrogens with zero attached hydrogens (tertiary/aromatic N) is 1. The molecule has 0 atom stereocenters. The van der Waals surface area contributed by atoms with E-state index in [1.807, 2.05) is 12.1 Å². The summed E-state index contributed by atoms with van der Waals surface area (Å²) < 4.78 is 0. The fraction of sp³-hybridized carbons (Fsp3) is 0.333. The molecule has 0 unspecified atom stereocenters. The van der Waals surface area contributed by atoms with Crippen molar-refractivity contribution >= 4 is 11.5 Å². The van der Waals surface area contributed by atoms with Crippen LogP contribution in [0.5, 0.6) is 0 Å². The summed E-state index contributed by atoms with van der Waals surface area (Å²) in [5.74, 6) is 0.130. The molecule has 4 rings (SSSR count). The van der Waals surface area contributed by atoms with Crippen molar-refractivity contribution in [1.29, 1.82) is 5.41 Å². The Hall–Kier alpha value is -3.20. The van der Waals surface area contributed by atoms with Gasteiger partial charge in [-0.3, -0.25) is 10.4 Å². The summed E-state index contributed by atoms with van der Waals surface area (Å²) in [5.41, 5.74) is 18.5. The number of nitrogens with one attached hydrogen (secondary N) is 1. The second-order valence-corrected chi connectivity index (χ2v) is 9.46. The van der Waals surface area contributed by atoms with Gasteiger partial charge in [0.15, 0.2) is 0 Å². The number of amidine groups is 1. The molecule has 0 radical (unpaired) electrons. The highest BCUT2D eigenvalue weighted by atomic mass is 14.8. The van der Waals surface area contributed by atoms with E-state index < -0.39 is 0 Å². The monoisotopic (exact) mass is 437 g/mol. The van der Waals surface area contributed by atoms with Crippen LogP contribution >= 0.6 is 0 Å². The Kier molecular flexibility index (Phi) is 7.08. The molecule has 0 fully saturated rings. The Bertz CT molecular complexity index is 1200. The summed E-state index contributed by atoms with van der Waals surface area (Å²) in [4.78, 5) is 4.65. The molecule has 3 aromatic rings. The molecule has 170 valence electrons. The van der Waals surface area contributed by atoms with Crippen LogP contribution in [0.2, 0.25) is 0 Å². The standard InChI is InChI=1S/C30H35N3/c1-20-15-23(6-8-25-10-12-27(17-21(25)2)29-5-4-14-33-29)19-24(16-20)7-9-26-11-13-28(30(31)32)18-22(26)3/h10-13,15-19H,4-9,14H2,1-3H3,(H3,31,32). The molecule has 1 aliphatic rings. The zero-order chi connectivity index (χ0) is 23.4. The van der Waals surface area contributed by atoms with Crippen LogP contribution in [0.15, 0.2) is 59.6 Å². The van der Waals surface area contributed by atoms with Crippen LogP contribution in [0.1, 0.15) is 62.9 Å². The number of aliphatic imine (C=N–C) groups is 1. The van der Waals surface area contributed by atoms with Crippen molar-refractivity contribution in [3.8, 4) is 0 Å². The molecule has 1 heterocycles. The van der Waals surface area contributed by atoms with Crippen LogP contribution in [0.25, 0.3) is 0 Å². The lowest BCUT2D eigenvalue weighted by Crippen LogP contribution is -2.11. The maximum absolute atomic E-state index is 7.62. The third kappa shape index (κ3) is 5.78. The largest absolute Gasteiger partial charge is 0.384 e. The minimum atomic E-state index is 0.130. The molecule has 1 aliphatic heterocycles. The molecule has 0 bridgehead atoms. The molecular formula is C30H35N3. The SMILES string of the molecule is Cc1cc(CCc2ccc(C(=N)N)cc2C)cc(CCc2ccc(C3=NCCC3)cc2C)c1. The highest BCUT2D eigenvalue weighted by Crippen LogP contribution is 2.20. The van der Waals surface area contributed by atoms with Gasteiger partial charge in [0.1, 0.15) is 5.84 Å². The van der Waals surface area contributed by atoms with E-state index >= 15 is 0 Å². The smallest absolute Gasteiger partial charge is 0.122 e. The summed E-state index contributed by atoms with van der Waals surface area (Å²) in [7, 11) is 0. The molecule has 0 saturated carbocycles. The van der Waals surface area contributed by atoms with Crippen molar-refractivity contribution in [2.75, 3.05) is 6.54 Å². The van der Waals surface area contributed by atoms with E-state index in [0.29, 0.717) is 0 Å². The average molecular weight is 438 g/mol. The fourth-order valence-electron chi connectivity index (χ4n) is 4.87. The predicted molar refractivity (Wildman–Crippen MR) is 140 cm³/mol. The van der Waals surface area contributed by atoms with Crippen molar-refractivity contribution in [1.82, 2.24) is 0 Å². The van der Waals surface area contributed by atoms with Crippen LogP contribution in [-0.4, -0.2) is 18.1 Å². The number of hydrogen-bond acceptors (Lipinski definition) is 2. The molecule has 0 spiro atoms. The lowest BCUT2D eigenvalue weighted by Gasteiger charge is -2.12. The van der Waals surface area contributed by atoms with Crippen molar-refractivity contribution in [3.63, 3.8) is 0 Å². The molecule has 0 amide bonds. The van der Waals surface area contributed by atoms with Gasteiger partial charge in [-0.2, -0.15) is 0 Å². The first-order valence-electron chi connectivity index (χ1n) is 12.1. The second-order valence-electron chi connectivity index (χ2n) is 9.46. The normalized spacial score (nSPS) is 13.2. The van der Waals surface area contributed by atoms with Crippen molar-refractivity contribution in [3.05, 3.63) is 105 Å². The Balaban J connectivity index is 1.41. The van der Waals surface area contributed by atoms with Gasteiger partial charge in [-0.05, 0) is 110 Å². The first-order chi connectivity index (χ1) is 15.9. The van der Waals surface area contributed by atoms with E-state index in [-0.39, 0.29) is 5.84 Å². The minimum absolute atomic E-state index is 0.130. The summed E-state index contributed by atoms with van der Waals surface area (Å²) >= 11 is 0. The topological polar surface area (TPSA) is 62.2 Å². The van der Waals surface area contributed by atoms with E-state index in [1.54, 1.807) is 0 Å². The number of aryl methyl sites for hydroxylation is 7.